The van der Waals surface area contributed by atoms with Gasteiger partial charge in [0.05, 0.1) is 0 Å². The Bertz CT molecular complexity index is 252. The molecule has 0 bridgehead atoms. The lowest BCUT2D eigenvalue weighted by Crippen LogP contribution is -1.88. The molecule has 0 radical (unpaired) electrons. The lowest BCUT2D eigenvalue weighted by atomic mass is 10.1. The number of nitrogens with one attached hydrogen (secondary N) is 1. The molecule has 0 unspecified atom stereocenters. The summed E-state index contributed by atoms with van der Waals surface area (Å²) in [5.41, 5.74) is 0. The van der Waals surface area contributed by atoms with Crippen molar-refractivity contribution in [2.45, 2.75) is 57.8 Å². The molecule has 2 nitrogen and oxygen atoms in total. The number of H-pyrrole nitrogens is 1. The standard InChI is InChI=1S/C14H24N2/c1-2-3-4-5-6-7-8-9-10-11-14-15-12-13-16-14/h2,12-13H,1,3-11H2,(H,15,16). The molecule has 16 heavy (non-hydrogen) atoms. The van der Waals surface area contributed by atoms with Gasteiger partial charge in [0.15, 0.2) is 0 Å². The minimum absolute atomic E-state index is 1.10. The smallest absolute Gasteiger partial charge is 0.105 e. The Hall–Kier alpha value is -1.05. The SMILES string of the molecule is C=CCCCCCCCCCc1ncc[nH]1. The Morgan fingerprint density at radius 2 is 1.75 bits per heavy atom. The molecule has 0 aliphatic rings. The molecule has 1 aromatic rings. The van der Waals surface area contributed by atoms with Gasteiger partial charge >= 0.3 is 0 Å². The number of rotatable bonds is 10. The van der Waals surface area contributed by atoms with E-state index in [9.17, 15) is 0 Å². The number of imidazole rings is 1. The number of nitrogens with zero attached hydrogens (tertiary/aromatic N) is 1. The zero-order chi connectivity index (χ0) is 11.5. The maximum absolute atomic E-state index is 4.22. The summed E-state index contributed by atoms with van der Waals surface area (Å²) in [6, 6.07) is 0. The van der Waals surface area contributed by atoms with Crippen LogP contribution in [0.1, 0.15) is 57.2 Å². The molecule has 1 N–H and O–H groups in total. The summed E-state index contributed by atoms with van der Waals surface area (Å²) < 4.78 is 0. The first-order chi connectivity index (χ1) is 7.93. The summed E-state index contributed by atoms with van der Waals surface area (Å²) in [7, 11) is 0. The molecule has 0 amide bonds. The van der Waals surface area contributed by atoms with Crippen LogP contribution in [0.2, 0.25) is 0 Å². The second kappa shape index (κ2) is 9.20. The van der Waals surface area contributed by atoms with Crippen LogP contribution < -0.4 is 0 Å². The molecule has 0 aliphatic carbocycles. The van der Waals surface area contributed by atoms with Crippen molar-refractivity contribution >= 4 is 0 Å². The average Bonchev–Trinajstić information content (AvgIpc) is 2.80. The van der Waals surface area contributed by atoms with Crippen LogP contribution in [-0.2, 0) is 6.42 Å². The van der Waals surface area contributed by atoms with Crippen LogP contribution in [0, 0.1) is 0 Å². The molecule has 1 heterocycles. The minimum atomic E-state index is 1.10. The first-order valence-electron chi connectivity index (χ1n) is 6.52. The molecule has 0 spiro atoms. The Labute approximate surface area is 99.2 Å². The maximum atomic E-state index is 4.22. The molecule has 90 valence electrons. The van der Waals surface area contributed by atoms with Crippen LogP contribution >= 0.6 is 0 Å². The Balaban J connectivity index is 1.80. The largest absolute Gasteiger partial charge is 0.349 e. The first-order valence-corrected chi connectivity index (χ1v) is 6.52. The predicted molar refractivity (Wildman–Crippen MR) is 69.4 cm³/mol. The van der Waals surface area contributed by atoms with E-state index in [1.165, 1.54) is 51.4 Å². The average molecular weight is 220 g/mol. The third-order valence-corrected chi connectivity index (χ3v) is 2.88. The van der Waals surface area contributed by atoms with E-state index in [0.717, 1.165) is 12.2 Å². The molecule has 0 atom stereocenters. The van der Waals surface area contributed by atoms with E-state index in [-0.39, 0.29) is 0 Å². The molecule has 0 aromatic carbocycles. The summed E-state index contributed by atoms with van der Waals surface area (Å²) in [4.78, 5) is 7.36. The minimum Gasteiger partial charge on any atom is -0.349 e. The topological polar surface area (TPSA) is 28.7 Å². The lowest BCUT2D eigenvalue weighted by molar-refractivity contribution is 0.578. The molecule has 1 aromatic heterocycles. The normalized spacial score (nSPS) is 10.5. The number of hydrogen-bond acceptors (Lipinski definition) is 1. The van der Waals surface area contributed by atoms with Gasteiger partial charge in [-0.1, -0.05) is 38.2 Å². The zero-order valence-electron chi connectivity index (χ0n) is 10.3. The summed E-state index contributed by atoms with van der Waals surface area (Å²) in [5, 5.41) is 0. The Morgan fingerprint density at radius 1 is 1.06 bits per heavy atom. The summed E-state index contributed by atoms with van der Waals surface area (Å²) in [6.45, 7) is 3.73. The molecule has 0 aliphatic heterocycles. The van der Waals surface area contributed by atoms with Crippen molar-refractivity contribution in [2.75, 3.05) is 0 Å². The van der Waals surface area contributed by atoms with Gasteiger partial charge in [-0.05, 0) is 19.3 Å². The highest BCUT2D eigenvalue weighted by atomic mass is 14.9. The third-order valence-electron chi connectivity index (χ3n) is 2.88. The second-order valence-electron chi connectivity index (χ2n) is 4.34. The third kappa shape index (κ3) is 6.44. The van der Waals surface area contributed by atoms with Crippen molar-refractivity contribution in [3.05, 3.63) is 30.9 Å². The van der Waals surface area contributed by atoms with E-state index in [1.54, 1.807) is 0 Å². The highest BCUT2D eigenvalue weighted by molar-refractivity contribution is 4.86. The van der Waals surface area contributed by atoms with Crippen LogP contribution in [-0.4, -0.2) is 9.97 Å². The van der Waals surface area contributed by atoms with Gasteiger partial charge in [0.1, 0.15) is 5.82 Å². The number of aromatic nitrogens is 2. The summed E-state index contributed by atoms with van der Waals surface area (Å²) in [5.74, 6) is 1.13. The van der Waals surface area contributed by atoms with Crippen LogP contribution in [0.25, 0.3) is 0 Å². The van der Waals surface area contributed by atoms with Gasteiger partial charge < -0.3 is 4.98 Å². The first kappa shape index (κ1) is 13.0. The predicted octanol–water partition coefficient (Wildman–Crippen LogP) is 4.26. The highest BCUT2D eigenvalue weighted by Gasteiger charge is 1.95. The van der Waals surface area contributed by atoms with Gasteiger partial charge in [-0.25, -0.2) is 4.98 Å². The van der Waals surface area contributed by atoms with Gasteiger partial charge in [0, 0.05) is 18.8 Å². The van der Waals surface area contributed by atoms with E-state index in [4.69, 9.17) is 0 Å². The monoisotopic (exact) mass is 220 g/mol. The summed E-state index contributed by atoms with van der Waals surface area (Å²) in [6.07, 6.45) is 17.4. The van der Waals surface area contributed by atoms with Crippen molar-refractivity contribution in [2.24, 2.45) is 0 Å². The molecule has 1 rings (SSSR count). The molecule has 0 fully saturated rings. The fraction of sp³-hybridized carbons (Fsp3) is 0.643. The van der Waals surface area contributed by atoms with E-state index in [1.807, 2.05) is 18.5 Å². The fourth-order valence-corrected chi connectivity index (χ4v) is 1.90. The number of unbranched alkanes of at least 4 members (excludes halogenated alkanes) is 7. The van der Waals surface area contributed by atoms with Crippen molar-refractivity contribution in [1.82, 2.24) is 9.97 Å². The number of aromatic amines is 1. The molecule has 2 heteroatoms. The van der Waals surface area contributed by atoms with Crippen LogP contribution in [0.3, 0.4) is 0 Å². The molecule has 0 saturated heterocycles. The van der Waals surface area contributed by atoms with Gasteiger partial charge in [0.25, 0.3) is 0 Å². The van der Waals surface area contributed by atoms with E-state index < -0.39 is 0 Å². The van der Waals surface area contributed by atoms with Crippen molar-refractivity contribution in [3.8, 4) is 0 Å². The molecular formula is C14H24N2. The molecule has 0 saturated carbocycles. The van der Waals surface area contributed by atoms with Gasteiger partial charge in [0.2, 0.25) is 0 Å². The van der Waals surface area contributed by atoms with Crippen molar-refractivity contribution in [3.63, 3.8) is 0 Å². The fourth-order valence-electron chi connectivity index (χ4n) is 1.90. The van der Waals surface area contributed by atoms with Gasteiger partial charge in [-0.15, -0.1) is 6.58 Å². The second-order valence-corrected chi connectivity index (χ2v) is 4.34. The Kier molecular flexibility index (Phi) is 7.48. The number of hydrogen-bond donors (Lipinski definition) is 1. The van der Waals surface area contributed by atoms with E-state index in [0.29, 0.717) is 0 Å². The lowest BCUT2D eigenvalue weighted by Gasteiger charge is -2.00. The van der Waals surface area contributed by atoms with Gasteiger partial charge in [-0.2, -0.15) is 0 Å². The van der Waals surface area contributed by atoms with Crippen LogP contribution in [0.4, 0.5) is 0 Å². The number of allylic oxidation sites excluding steroid dienone is 1. The Morgan fingerprint density at radius 3 is 2.38 bits per heavy atom. The van der Waals surface area contributed by atoms with Gasteiger partial charge in [-0.3, -0.25) is 0 Å². The van der Waals surface area contributed by atoms with Crippen molar-refractivity contribution in [1.29, 1.82) is 0 Å². The van der Waals surface area contributed by atoms with E-state index >= 15 is 0 Å². The van der Waals surface area contributed by atoms with E-state index in [2.05, 4.69) is 16.5 Å². The maximum Gasteiger partial charge on any atom is 0.105 e. The van der Waals surface area contributed by atoms with Crippen LogP contribution in [0.5, 0.6) is 0 Å². The molecular weight excluding hydrogens is 196 g/mol. The van der Waals surface area contributed by atoms with Crippen LogP contribution in [0.15, 0.2) is 25.0 Å². The summed E-state index contributed by atoms with van der Waals surface area (Å²) >= 11 is 0. The zero-order valence-corrected chi connectivity index (χ0v) is 10.3. The highest BCUT2D eigenvalue weighted by Crippen LogP contribution is 2.09. The van der Waals surface area contributed by atoms with Crippen molar-refractivity contribution < 1.29 is 0 Å². The number of aryl methyl sites for hydroxylation is 1. The quantitative estimate of drug-likeness (QED) is 0.463.